The monoisotopic (exact) mass is 287 g/mol. The Balaban J connectivity index is 1.60. The molecule has 0 bridgehead atoms. The lowest BCUT2D eigenvalue weighted by atomic mass is 9.72. The maximum atomic E-state index is 5.78. The zero-order valence-electron chi connectivity index (χ0n) is 13.0. The number of hydrogen-bond donors (Lipinski definition) is 1. The first-order valence-electron chi connectivity index (χ1n) is 7.88. The highest BCUT2D eigenvalue weighted by atomic mass is 16.5. The predicted octanol–water partition coefficient (Wildman–Crippen LogP) is 2.26. The van der Waals surface area contributed by atoms with Crippen molar-refractivity contribution in [2.24, 2.45) is 10.9 Å². The third-order valence-electron chi connectivity index (χ3n) is 4.49. The van der Waals surface area contributed by atoms with Crippen LogP contribution in [0.2, 0.25) is 0 Å². The average molecular weight is 287 g/mol. The van der Waals surface area contributed by atoms with Crippen LogP contribution in [0.1, 0.15) is 24.8 Å². The molecule has 1 aliphatic heterocycles. The maximum Gasteiger partial charge on any atom is 0.193 e. The fourth-order valence-electron chi connectivity index (χ4n) is 3.19. The van der Waals surface area contributed by atoms with E-state index < -0.39 is 0 Å². The lowest BCUT2D eigenvalue weighted by Crippen LogP contribution is -2.59. The quantitative estimate of drug-likeness (QED) is 0.684. The first-order valence-corrected chi connectivity index (χ1v) is 7.88. The molecule has 0 spiro atoms. The van der Waals surface area contributed by atoms with Crippen molar-refractivity contribution in [1.29, 1.82) is 0 Å². The van der Waals surface area contributed by atoms with E-state index in [1.54, 1.807) is 0 Å². The minimum Gasteiger partial charge on any atom is -0.378 e. The molecule has 3 atom stereocenters. The lowest BCUT2D eigenvalue weighted by Gasteiger charge is -2.48. The second-order valence-corrected chi connectivity index (χ2v) is 6.22. The number of ether oxygens (including phenoxy) is 1. The van der Waals surface area contributed by atoms with Crippen molar-refractivity contribution in [1.82, 2.24) is 10.2 Å². The lowest BCUT2D eigenvalue weighted by molar-refractivity contribution is -0.0993. The molecule has 1 saturated carbocycles. The van der Waals surface area contributed by atoms with E-state index in [0.717, 1.165) is 25.5 Å². The predicted molar refractivity (Wildman–Crippen MR) is 85.3 cm³/mol. The highest BCUT2D eigenvalue weighted by molar-refractivity contribution is 5.80. The topological polar surface area (TPSA) is 36.9 Å². The molecule has 1 aliphatic carbocycles. The smallest absolute Gasteiger partial charge is 0.193 e. The van der Waals surface area contributed by atoms with Crippen LogP contribution in [0.3, 0.4) is 0 Å². The van der Waals surface area contributed by atoms with Crippen LogP contribution in [0, 0.1) is 5.92 Å². The molecule has 1 aromatic carbocycles. The molecule has 21 heavy (non-hydrogen) atoms. The molecule has 4 heteroatoms. The molecule has 114 valence electrons. The van der Waals surface area contributed by atoms with Gasteiger partial charge in [-0.2, -0.15) is 0 Å². The van der Waals surface area contributed by atoms with Gasteiger partial charge in [-0.1, -0.05) is 30.3 Å². The van der Waals surface area contributed by atoms with Crippen LogP contribution in [0.25, 0.3) is 0 Å². The Hall–Kier alpha value is -1.55. The summed E-state index contributed by atoms with van der Waals surface area (Å²) in [5.41, 5.74) is 1.24. The Morgan fingerprint density at radius 2 is 2.14 bits per heavy atom. The fraction of sp³-hybridized carbons (Fsp3) is 0.588. The molecule has 2 aliphatic rings. The summed E-state index contributed by atoms with van der Waals surface area (Å²) >= 11 is 0. The largest absolute Gasteiger partial charge is 0.378 e. The summed E-state index contributed by atoms with van der Waals surface area (Å²) in [7, 11) is 4.09. The molecule has 3 unspecified atom stereocenters. The summed E-state index contributed by atoms with van der Waals surface area (Å²) < 4.78 is 5.78. The molecule has 0 radical (unpaired) electrons. The fourth-order valence-corrected chi connectivity index (χ4v) is 3.19. The third-order valence-corrected chi connectivity index (χ3v) is 4.49. The van der Waals surface area contributed by atoms with Crippen molar-refractivity contribution in [3.8, 4) is 0 Å². The SMILES string of the molecule is CN(C)C(=NCc1ccccc1)NC1CC2OCCCC12. The normalized spacial score (nSPS) is 28.5. The van der Waals surface area contributed by atoms with Gasteiger partial charge in [0, 0.05) is 32.7 Å². The molecule has 2 fully saturated rings. The number of aliphatic imine (C=N–C) groups is 1. The third kappa shape index (κ3) is 3.38. The molecule has 1 heterocycles. The van der Waals surface area contributed by atoms with Crippen LogP contribution in [0.4, 0.5) is 0 Å². The van der Waals surface area contributed by atoms with Crippen LogP contribution < -0.4 is 5.32 Å². The minimum atomic E-state index is 0.480. The van der Waals surface area contributed by atoms with Gasteiger partial charge < -0.3 is 15.0 Å². The highest BCUT2D eigenvalue weighted by Crippen LogP contribution is 2.37. The summed E-state index contributed by atoms with van der Waals surface area (Å²) in [5.74, 6) is 1.65. The van der Waals surface area contributed by atoms with Crippen molar-refractivity contribution < 1.29 is 4.74 Å². The van der Waals surface area contributed by atoms with Crippen LogP contribution in [-0.2, 0) is 11.3 Å². The van der Waals surface area contributed by atoms with Gasteiger partial charge in [-0.25, -0.2) is 4.99 Å². The van der Waals surface area contributed by atoms with Gasteiger partial charge in [0.1, 0.15) is 0 Å². The summed E-state index contributed by atoms with van der Waals surface area (Å²) in [6.45, 7) is 1.66. The van der Waals surface area contributed by atoms with E-state index in [1.807, 2.05) is 20.2 Å². The average Bonchev–Trinajstić information content (AvgIpc) is 2.48. The molecule has 3 rings (SSSR count). The van der Waals surface area contributed by atoms with Gasteiger partial charge in [0.25, 0.3) is 0 Å². The highest BCUT2D eigenvalue weighted by Gasteiger charge is 2.43. The van der Waals surface area contributed by atoms with Gasteiger partial charge in [-0.15, -0.1) is 0 Å². The Morgan fingerprint density at radius 1 is 1.33 bits per heavy atom. The minimum absolute atomic E-state index is 0.480. The standard InChI is InChI=1S/C17H25N3O/c1-20(2)17(18-12-13-7-4-3-5-8-13)19-15-11-16-14(15)9-6-10-21-16/h3-5,7-8,14-16H,6,9-12H2,1-2H3,(H,18,19). The number of guanidine groups is 1. The van der Waals surface area contributed by atoms with Crippen molar-refractivity contribution >= 4 is 5.96 Å². The molecule has 0 aromatic heterocycles. The van der Waals surface area contributed by atoms with Gasteiger partial charge in [0.2, 0.25) is 0 Å². The molecule has 1 N–H and O–H groups in total. The van der Waals surface area contributed by atoms with Gasteiger partial charge >= 0.3 is 0 Å². The molecular weight excluding hydrogens is 262 g/mol. The maximum absolute atomic E-state index is 5.78. The van der Waals surface area contributed by atoms with Crippen molar-refractivity contribution in [2.45, 2.75) is 38.0 Å². The number of nitrogens with one attached hydrogen (secondary N) is 1. The zero-order valence-corrected chi connectivity index (χ0v) is 13.0. The Morgan fingerprint density at radius 3 is 2.86 bits per heavy atom. The van der Waals surface area contributed by atoms with E-state index in [2.05, 4.69) is 34.5 Å². The van der Waals surface area contributed by atoms with Crippen molar-refractivity contribution in [2.75, 3.05) is 20.7 Å². The second kappa shape index (κ2) is 6.48. The number of fused-ring (bicyclic) bond motifs is 1. The Labute approximate surface area is 127 Å². The van der Waals surface area contributed by atoms with E-state index in [0.29, 0.717) is 18.1 Å². The van der Waals surface area contributed by atoms with E-state index >= 15 is 0 Å². The van der Waals surface area contributed by atoms with Gasteiger partial charge in [0.05, 0.1) is 12.6 Å². The van der Waals surface area contributed by atoms with Gasteiger partial charge in [-0.3, -0.25) is 0 Å². The van der Waals surface area contributed by atoms with Crippen LogP contribution >= 0.6 is 0 Å². The summed E-state index contributed by atoms with van der Waals surface area (Å²) in [5, 5.41) is 3.62. The summed E-state index contributed by atoms with van der Waals surface area (Å²) in [6.07, 6.45) is 4.07. The Kier molecular flexibility index (Phi) is 4.44. The van der Waals surface area contributed by atoms with Crippen LogP contribution in [-0.4, -0.2) is 43.7 Å². The number of hydrogen-bond acceptors (Lipinski definition) is 2. The number of rotatable bonds is 3. The molecular formula is C17H25N3O. The van der Waals surface area contributed by atoms with E-state index in [-0.39, 0.29) is 0 Å². The zero-order chi connectivity index (χ0) is 14.7. The van der Waals surface area contributed by atoms with E-state index in [1.165, 1.54) is 18.4 Å². The number of nitrogens with zero attached hydrogens (tertiary/aromatic N) is 2. The molecule has 0 amide bonds. The van der Waals surface area contributed by atoms with Gasteiger partial charge in [0.15, 0.2) is 5.96 Å². The molecule has 4 nitrogen and oxygen atoms in total. The van der Waals surface area contributed by atoms with Crippen molar-refractivity contribution in [3.05, 3.63) is 35.9 Å². The first kappa shape index (κ1) is 14.4. The molecule has 1 saturated heterocycles. The second-order valence-electron chi connectivity index (χ2n) is 6.22. The summed E-state index contributed by atoms with van der Waals surface area (Å²) in [4.78, 5) is 6.81. The molecule has 1 aromatic rings. The van der Waals surface area contributed by atoms with E-state index in [4.69, 9.17) is 9.73 Å². The van der Waals surface area contributed by atoms with Gasteiger partial charge in [-0.05, 0) is 24.8 Å². The van der Waals surface area contributed by atoms with Crippen molar-refractivity contribution in [3.63, 3.8) is 0 Å². The van der Waals surface area contributed by atoms with E-state index in [9.17, 15) is 0 Å². The van der Waals surface area contributed by atoms with Crippen LogP contribution in [0.15, 0.2) is 35.3 Å². The summed E-state index contributed by atoms with van der Waals surface area (Å²) in [6, 6.07) is 10.9. The first-order chi connectivity index (χ1) is 10.2. The van der Waals surface area contributed by atoms with Crippen LogP contribution in [0.5, 0.6) is 0 Å². The number of benzene rings is 1. The Bertz CT molecular complexity index is 486.